The zero-order valence-corrected chi connectivity index (χ0v) is 17.7. The molecule has 0 aliphatic heterocycles. The Kier molecular flexibility index (Phi) is 6.56. The standard InChI is InChI=1S/C25H21N3O2S/c26-16-18-6-3-7-19(14-18)17-30-21-9-4-8-20(15-21)27-24(29)12-5-13-25-28-22-10-1-2-11-23(22)31-25/h1-4,6-11,14-15H,5,12-13,17H2,(H,27,29). The number of nitrogens with one attached hydrogen (secondary N) is 1. The van der Waals surface area contributed by atoms with Crippen molar-refractivity contribution in [2.45, 2.75) is 25.9 Å². The molecular weight excluding hydrogens is 406 g/mol. The summed E-state index contributed by atoms with van der Waals surface area (Å²) in [5, 5.41) is 13.0. The van der Waals surface area contributed by atoms with Crippen LogP contribution in [0.2, 0.25) is 0 Å². The van der Waals surface area contributed by atoms with Crippen molar-refractivity contribution in [1.29, 1.82) is 5.26 Å². The molecule has 1 amide bonds. The summed E-state index contributed by atoms with van der Waals surface area (Å²) in [6, 6.07) is 24.9. The summed E-state index contributed by atoms with van der Waals surface area (Å²) in [6.07, 6.45) is 1.97. The maximum absolute atomic E-state index is 12.3. The largest absolute Gasteiger partial charge is 0.489 e. The van der Waals surface area contributed by atoms with Gasteiger partial charge in [-0.3, -0.25) is 4.79 Å². The molecule has 3 aromatic carbocycles. The summed E-state index contributed by atoms with van der Waals surface area (Å²) < 4.78 is 6.99. The second kappa shape index (κ2) is 9.88. The molecule has 0 unspecified atom stereocenters. The molecule has 1 aromatic heterocycles. The molecule has 0 bridgehead atoms. The monoisotopic (exact) mass is 427 g/mol. The number of rotatable bonds is 8. The van der Waals surface area contributed by atoms with Crippen LogP contribution in [0.15, 0.2) is 72.8 Å². The van der Waals surface area contributed by atoms with Gasteiger partial charge in [-0.1, -0.05) is 30.3 Å². The lowest BCUT2D eigenvalue weighted by atomic mass is 10.1. The molecule has 0 fully saturated rings. The number of aromatic nitrogens is 1. The molecule has 154 valence electrons. The predicted octanol–water partition coefficient (Wildman–Crippen LogP) is 5.71. The van der Waals surface area contributed by atoms with Crippen LogP contribution in [0.1, 0.15) is 29.0 Å². The van der Waals surface area contributed by atoms with Crippen LogP contribution in [-0.4, -0.2) is 10.9 Å². The van der Waals surface area contributed by atoms with E-state index in [1.54, 1.807) is 29.5 Å². The number of ether oxygens (including phenoxy) is 1. The number of amides is 1. The average Bonchev–Trinajstić information content (AvgIpc) is 3.21. The molecule has 5 nitrogen and oxygen atoms in total. The SMILES string of the molecule is N#Cc1cccc(COc2cccc(NC(=O)CCCc3nc4ccccc4s3)c2)c1. The Bertz CT molecular complexity index is 1210. The molecule has 0 radical (unpaired) electrons. The second-order valence-electron chi connectivity index (χ2n) is 7.11. The first-order valence-electron chi connectivity index (χ1n) is 10.1. The van der Waals surface area contributed by atoms with Crippen LogP contribution in [0, 0.1) is 11.3 Å². The average molecular weight is 428 g/mol. The molecule has 4 rings (SSSR count). The number of hydrogen-bond donors (Lipinski definition) is 1. The van der Waals surface area contributed by atoms with Crippen LogP contribution in [0.5, 0.6) is 5.75 Å². The molecule has 0 aliphatic rings. The fourth-order valence-corrected chi connectivity index (χ4v) is 4.22. The molecule has 0 saturated carbocycles. The van der Waals surface area contributed by atoms with Gasteiger partial charge in [0.05, 0.1) is 26.9 Å². The van der Waals surface area contributed by atoms with Crippen molar-refractivity contribution in [3.05, 3.63) is 88.9 Å². The maximum atomic E-state index is 12.3. The first-order chi connectivity index (χ1) is 15.2. The normalized spacial score (nSPS) is 10.5. The Balaban J connectivity index is 1.26. The fraction of sp³-hybridized carbons (Fsp3) is 0.160. The Labute approximate surface area is 184 Å². The van der Waals surface area contributed by atoms with Crippen LogP contribution in [0.4, 0.5) is 5.69 Å². The Morgan fingerprint density at radius 3 is 2.81 bits per heavy atom. The van der Waals surface area contributed by atoms with Gasteiger partial charge < -0.3 is 10.1 Å². The summed E-state index contributed by atoms with van der Waals surface area (Å²) >= 11 is 1.68. The molecule has 4 aromatic rings. The molecule has 31 heavy (non-hydrogen) atoms. The number of aryl methyl sites for hydroxylation is 1. The number of nitriles is 1. The van der Waals surface area contributed by atoms with E-state index >= 15 is 0 Å². The topological polar surface area (TPSA) is 75.0 Å². The van der Waals surface area contributed by atoms with Crippen molar-refractivity contribution >= 4 is 33.1 Å². The Morgan fingerprint density at radius 2 is 1.94 bits per heavy atom. The summed E-state index contributed by atoms with van der Waals surface area (Å²) in [4.78, 5) is 17.0. The van der Waals surface area contributed by atoms with Gasteiger partial charge in [0.2, 0.25) is 5.91 Å². The van der Waals surface area contributed by atoms with E-state index < -0.39 is 0 Å². The molecule has 0 saturated heterocycles. The van der Waals surface area contributed by atoms with Gasteiger partial charge in [-0.15, -0.1) is 11.3 Å². The number of para-hydroxylation sites is 1. The highest BCUT2D eigenvalue weighted by atomic mass is 32.1. The lowest BCUT2D eigenvalue weighted by Crippen LogP contribution is -2.11. The zero-order chi connectivity index (χ0) is 21.5. The third kappa shape index (κ3) is 5.68. The van der Waals surface area contributed by atoms with E-state index in [2.05, 4.69) is 22.4 Å². The van der Waals surface area contributed by atoms with Gasteiger partial charge in [-0.05, 0) is 54.8 Å². The highest BCUT2D eigenvalue weighted by Gasteiger charge is 2.07. The number of nitrogens with zero attached hydrogens (tertiary/aromatic N) is 2. The lowest BCUT2D eigenvalue weighted by molar-refractivity contribution is -0.116. The third-order valence-corrected chi connectivity index (χ3v) is 5.81. The number of thiazole rings is 1. The van der Waals surface area contributed by atoms with Crippen molar-refractivity contribution < 1.29 is 9.53 Å². The highest BCUT2D eigenvalue weighted by Crippen LogP contribution is 2.23. The fourth-order valence-electron chi connectivity index (χ4n) is 3.21. The summed E-state index contributed by atoms with van der Waals surface area (Å²) in [5.41, 5.74) is 3.24. The molecular formula is C25H21N3O2S. The highest BCUT2D eigenvalue weighted by molar-refractivity contribution is 7.18. The quantitative estimate of drug-likeness (QED) is 0.391. The Hall–Kier alpha value is -3.69. The first kappa shape index (κ1) is 20.6. The van der Waals surface area contributed by atoms with Crippen molar-refractivity contribution in [2.75, 3.05) is 5.32 Å². The van der Waals surface area contributed by atoms with E-state index in [-0.39, 0.29) is 5.91 Å². The Morgan fingerprint density at radius 1 is 1.06 bits per heavy atom. The molecule has 0 spiro atoms. The van der Waals surface area contributed by atoms with Crippen molar-refractivity contribution in [3.8, 4) is 11.8 Å². The predicted molar refractivity (Wildman–Crippen MR) is 123 cm³/mol. The number of benzene rings is 3. The van der Waals surface area contributed by atoms with Gasteiger partial charge in [0.1, 0.15) is 12.4 Å². The molecule has 1 heterocycles. The van der Waals surface area contributed by atoms with Gasteiger partial charge in [-0.2, -0.15) is 5.26 Å². The summed E-state index contributed by atoms with van der Waals surface area (Å²) in [5.74, 6) is 0.634. The summed E-state index contributed by atoms with van der Waals surface area (Å²) in [7, 11) is 0. The van der Waals surface area contributed by atoms with Crippen molar-refractivity contribution in [1.82, 2.24) is 4.98 Å². The number of hydrogen-bond acceptors (Lipinski definition) is 5. The molecule has 0 atom stereocenters. The van der Waals surface area contributed by atoms with E-state index in [9.17, 15) is 4.79 Å². The lowest BCUT2D eigenvalue weighted by Gasteiger charge is -2.09. The number of carbonyl (C=O) groups is 1. The van der Waals surface area contributed by atoms with Crippen molar-refractivity contribution in [2.24, 2.45) is 0 Å². The minimum atomic E-state index is -0.0278. The number of fused-ring (bicyclic) bond motifs is 1. The van der Waals surface area contributed by atoms with Gasteiger partial charge >= 0.3 is 0 Å². The summed E-state index contributed by atoms with van der Waals surface area (Å²) in [6.45, 7) is 0.356. The van der Waals surface area contributed by atoms with E-state index in [0.717, 1.165) is 28.9 Å². The van der Waals surface area contributed by atoms with Gasteiger partial charge in [0.25, 0.3) is 0 Å². The minimum absolute atomic E-state index is 0.0278. The van der Waals surface area contributed by atoms with Crippen molar-refractivity contribution in [3.63, 3.8) is 0 Å². The zero-order valence-electron chi connectivity index (χ0n) is 16.9. The van der Waals surface area contributed by atoms with E-state index in [1.165, 1.54) is 4.70 Å². The van der Waals surface area contributed by atoms with Crippen LogP contribution in [0.25, 0.3) is 10.2 Å². The van der Waals surface area contributed by atoms with Gasteiger partial charge in [0, 0.05) is 18.2 Å². The smallest absolute Gasteiger partial charge is 0.224 e. The van der Waals surface area contributed by atoms with E-state index in [4.69, 9.17) is 10.00 Å². The number of anilines is 1. The van der Waals surface area contributed by atoms with Gasteiger partial charge in [-0.25, -0.2) is 4.98 Å². The number of carbonyl (C=O) groups excluding carboxylic acids is 1. The molecule has 6 heteroatoms. The van der Waals surface area contributed by atoms with Crippen LogP contribution < -0.4 is 10.1 Å². The van der Waals surface area contributed by atoms with Crippen LogP contribution in [0.3, 0.4) is 0 Å². The van der Waals surface area contributed by atoms with Crippen LogP contribution in [-0.2, 0) is 17.8 Å². The van der Waals surface area contributed by atoms with E-state index in [0.29, 0.717) is 30.0 Å². The van der Waals surface area contributed by atoms with E-state index in [1.807, 2.05) is 48.5 Å². The minimum Gasteiger partial charge on any atom is -0.489 e. The third-order valence-electron chi connectivity index (χ3n) is 4.71. The second-order valence-corrected chi connectivity index (χ2v) is 8.22. The van der Waals surface area contributed by atoms with Gasteiger partial charge in [0.15, 0.2) is 0 Å². The molecule has 0 aliphatic carbocycles. The maximum Gasteiger partial charge on any atom is 0.224 e. The van der Waals surface area contributed by atoms with Crippen LogP contribution >= 0.6 is 11.3 Å². The first-order valence-corrected chi connectivity index (χ1v) is 10.9. The molecule has 1 N–H and O–H groups in total.